The Balaban J connectivity index is 2.03. The lowest BCUT2D eigenvalue weighted by Gasteiger charge is -2.08. The van der Waals surface area contributed by atoms with Crippen LogP contribution in [-0.2, 0) is 0 Å². The first-order valence-corrected chi connectivity index (χ1v) is 6.94. The van der Waals surface area contributed by atoms with Gasteiger partial charge < -0.3 is 0 Å². The minimum atomic E-state index is -0.333. The van der Waals surface area contributed by atoms with E-state index in [1.54, 1.807) is 30.5 Å². The molecule has 9 heteroatoms. The molecule has 4 rings (SSSR count). The zero-order valence-electron chi connectivity index (χ0n) is 10.8. The molecule has 0 aliphatic heterocycles. The first kappa shape index (κ1) is 13.2. The SMILES string of the molecule is O=c1c2nnc3ncnn3c2ccn1-c1ccc(Cl)c(Cl)c1. The molecular formula is C13H6Cl2N6O. The fourth-order valence-electron chi connectivity index (χ4n) is 2.19. The van der Waals surface area contributed by atoms with Gasteiger partial charge in [-0.1, -0.05) is 23.2 Å². The number of rotatable bonds is 1. The number of pyridine rings is 1. The number of hydrogen-bond donors (Lipinski definition) is 0. The van der Waals surface area contributed by atoms with Gasteiger partial charge in [0.2, 0.25) is 0 Å². The lowest BCUT2D eigenvalue weighted by Crippen LogP contribution is -2.20. The van der Waals surface area contributed by atoms with Crippen molar-refractivity contribution in [2.24, 2.45) is 0 Å². The van der Waals surface area contributed by atoms with Crippen LogP contribution >= 0.6 is 23.2 Å². The average molecular weight is 333 g/mol. The van der Waals surface area contributed by atoms with Gasteiger partial charge in [0, 0.05) is 6.20 Å². The van der Waals surface area contributed by atoms with Gasteiger partial charge in [0.1, 0.15) is 11.8 Å². The van der Waals surface area contributed by atoms with Crippen molar-refractivity contribution >= 4 is 40.0 Å². The van der Waals surface area contributed by atoms with Gasteiger partial charge in [-0.15, -0.1) is 10.2 Å². The van der Waals surface area contributed by atoms with Crippen LogP contribution in [0.3, 0.4) is 0 Å². The molecule has 22 heavy (non-hydrogen) atoms. The zero-order valence-corrected chi connectivity index (χ0v) is 12.3. The standard InChI is InChI=1S/C13H6Cl2N6O/c14-8-2-1-7(5-9(8)15)20-4-3-10-11(12(20)22)18-19-13-16-6-17-21(10)13/h1-6H. The van der Waals surface area contributed by atoms with Gasteiger partial charge in [-0.05, 0) is 24.3 Å². The van der Waals surface area contributed by atoms with Gasteiger partial charge in [0.25, 0.3) is 11.3 Å². The fraction of sp³-hybridized carbons (Fsp3) is 0. The molecular weight excluding hydrogens is 327 g/mol. The molecule has 3 aromatic heterocycles. The van der Waals surface area contributed by atoms with E-state index >= 15 is 0 Å². The zero-order chi connectivity index (χ0) is 15.3. The summed E-state index contributed by atoms with van der Waals surface area (Å²) in [4.78, 5) is 16.6. The Bertz CT molecular complexity index is 1090. The predicted molar refractivity (Wildman–Crippen MR) is 81.7 cm³/mol. The lowest BCUT2D eigenvalue weighted by molar-refractivity contribution is 0.914. The highest BCUT2D eigenvalue weighted by molar-refractivity contribution is 6.42. The van der Waals surface area contributed by atoms with Crippen LogP contribution in [0.5, 0.6) is 0 Å². The van der Waals surface area contributed by atoms with Crippen molar-refractivity contribution < 1.29 is 0 Å². The molecule has 0 spiro atoms. The van der Waals surface area contributed by atoms with Crippen LogP contribution in [0.25, 0.3) is 22.5 Å². The molecule has 7 nitrogen and oxygen atoms in total. The van der Waals surface area contributed by atoms with Crippen molar-refractivity contribution in [1.29, 1.82) is 0 Å². The summed E-state index contributed by atoms with van der Waals surface area (Å²) in [6.45, 7) is 0. The van der Waals surface area contributed by atoms with E-state index in [0.29, 0.717) is 27.0 Å². The third-order valence-corrected chi connectivity index (χ3v) is 3.96. The lowest BCUT2D eigenvalue weighted by atomic mass is 10.3. The van der Waals surface area contributed by atoms with Crippen molar-refractivity contribution in [2.45, 2.75) is 0 Å². The summed E-state index contributed by atoms with van der Waals surface area (Å²) in [5.41, 5.74) is 0.970. The van der Waals surface area contributed by atoms with Gasteiger partial charge in [0.15, 0.2) is 5.52 Å². The van der Waals surface area contributed by atoms with Crippen LogP contribution in [0, 0.1) is 0 Å². The summed E-state index contributed by atoms with van der Waals surface area (Å²) in [6.07, 6.45) is 2.97. The van der Waals surface area contributed by atoms with Gasteiger partial charge in [-0.2, -0.15) is 14.6 Å². The molecule has 1 aromatic carbocycles. The second-order valence-electron chi connectivity index (χ2n) is 4.49. The molecule has 0 amide bonds. The molecule has 0 radical (unpaired) electrons. The van der Waals surface area contributed by atoms with E-state index in [2.05, 4.69) is 20.3 Å². The van der Waals surface area contributed by atoms with Crippen molar-refractivity contribution in [1.82, 2.24) is 29.4 Å². The normalized spacial score (nSPS) is 11.4. The Morgan fingerprint density at radius 3 is 2.73 bits per heavy atom. The number of benzene rings is 1. The Kier molecular flexibility index (Phi) is 2.85. The molecule has 0 saturated heterocycles. The Morgan fingerprint density at radius 2 is 1.91 bits per heavy atom. The largest absolute Gasteiger partial charge is 0.285 e. The summed E-state index contributed by atoms with van der Waals surface area (Å²) >= 11 is 11.9. The minimum Gasteiger partial charge on any atom is -0.282 e. The molecule has 0 fully saturated rings. The molecule has 0 bridgehead atoms. The number of aromatic nitrogens is 6. The quantitative estimate of drug-likeness (QED) is 0.533. The van der Waals surface area contributed by atoms with Crippen molar-refractivity contribution in [3.05, 3.63) is 57.2 Å². The monoisotopic (exact) mass is 332 g/mol. The third-order valence-electron chi connectivity index (χ3n) is 3.22. The summed E-state index contributed by atoms with van der Waals surface area (Å²) < 4.78 is 2.88. The molecule has 0 aliphatic carbocycles. The first-order chi connectivity index (χ1) is 10.6. The number of nitrogens with zero attached hydrogens (tertiary/aromatic N) is 6. The van der Waals surface area contributed by atoms with Gasteiger partial charge >= 0.3 is 0 Å². The molecule has 4 aromatic rings. The summed E-state index contributed by atoms with van der Waals surface area (Å²) in [7, 11) is 0. The topological polar surface area (TPSA) is 78.0 Å². The highest BCUT2D eigenvalue weighted by Gasteiger charge is 2.11. The van der Waals surface area contributed by atoms with Gasteiger partial charge in [0.05, 0.1) is 15.7 Å². The molecule has 0 saturated carbocycles. The van der Waals surface area contributed by atoms with Crippen molar-refractivity contribution in [3.63, 3.8) is 0 Å². The van der Waals surface area contributed by atoms with Crippen molar-refractivity contribution in [3.8, 4) is 5.69 Å². The van der Waals surface area contributed by atoms with Crippen molar-refractivity contribution in [2.75, 3.05) is 0 Å². The maximum absolute atomic E-state index is 12.6. The van der Waals surface area contributed by atoms with Crippen LogP contribution in [0.2, 0.25) is 10.0 Å². The Morgan fingerprint density at radius 1 is 1.05 bits per heavy atom. The summed E-state index contributed by atoms with van der Waals surface area (Å²) in [6, 6.07) is 6.65. The maximum atomic E-state index is 12.6. The molecule has 0 atom stereocenters. The van der Waals surface area contributed by atoms with Crippen LogP contribution in [0.4, 0.5) is 0 Å². The smallest absolute Gasteiger partial charge is 0.282 e. The number of fused-ring (bicyclic) bond motifs is 3. The summed E-state index contributed by atoms with van der Waals surface area (Å²) in [5, 5.41) is 12.6. The molecule has 0 aliphatic rings. The molecule has 108 valence electrons. The average Bonchev–Trinajstić information content (AvgIpc) is 2.99. The van der Waals surface area contributed by atoms with Crippen LogP contribution < -0.4 is 5.56 Å². The molecule has 0 N–H and O–H groups in total. The third kappa shape index (κ3) is 1.87. The van der Waals surface area contributed by atoms with E-state index in [1.807, 2.05) is 0 Å². The van der Waals surface area contributed by atoms with E-state index < -0.39 is 0 Å². The fourth-order valence-corrected chi connectivity index (χ4v) is 2.48. The summed E-state index contributed by atoms with van der Waals surface area (Å²) in [5.74, 6) is 0.333. The van der Waals surface area contributed by atoms with E-state index in [-0.39, 0.29) is 11.1 Å². The van der Waals surface area contributed by atoms with Crippen LogP contribution in [0.1, 0.15) is 0 Å². The van der Waals surface area contributed by atoms with E-state index in [9.17, 15) is 4.79 Å². The number of halogens is 2. The minimum absolute atomic E-state index is 0.187. The number of hydrogen-bond acceptors (Lipinski definition) is 5. The maximum Gasteiger partial charge on any atom is 0.285 e. The highest BCUT2D eigenvalue weighted by atomic mass is 35.5. The van der Waals surface area contributed by atoms with Gasteiger partial charge in [-0.3, -0.25) is 9.36 Å². The predicted octanol–water partition coefficient (Wildman–Crippen LogP) is 2.13. The second-order valence-corrected chi connectivity index (χ2v) is 5.31. The van der Waals surface area contributed by atoms with Gasteiger partial charge in [-0.25, -0.2) is 0 Å². The van der Waals surface area contributed by atoms with E-state index in [1.165, 1.54) is 15.4 Å². The molecule has 3 heterocycles. The first-order valence-electron chi connectivity index (χ1n) is 6.18. The van der Waals surface area contributed by atoms with Crippen LogP contribution in [0.15, 0.2) is 41.6 Å². The highest BCUT2D eigenvalue weighted by Crippen LogP contribution is 2.24. The molecule has 0 unspecified atom stereocenters. The van der Waals surface area contributed by atoms with Crippen LogP contribution in [-0.4, -0.2) is 29.4 Å². The van der Waals surface area contributed by atoms with E-state index in [0.717, 1.165) is 0 Å². The Labute approximate surface area is 132 Å². The Hall–Kier alpha value is -2.51. The second kappa shape index (κ2) is 4.75. The van der Waals surface area contributed by atoms with E-state index in [4.69, 9.17) is 23.2 Å².